The van der Waals surface area contributed by atoms with Gasteiger partial charge in [-0.25, -0.2) is 9.37 Å². The second kappa shape index (κ2) is 8.99. The SMILES string of the molecule is CCCCNC(=O)CN(C)c1nn2c(NC(C)(C)C)c(-c3cccc(F)c3)nc2s1. The van der Waals surface area contributed by atoms with Crippen LogP contribution in [-0.4, -0.2) is 46.2 Å². The monoisotopic (exact) mass is 432 g/mol. The molecule has 0 atom stereocenters. The van der Waals surface area contributed by atoms with Crippen LogP contribution in [0.25, 0.3) is 16.2 Å². The molecule has 0 aliphatic carbocycles. The molecule has 30 heavy (non-hydrogen) atoms. The van der Waals surface area contributed by atoms with E-state index in [9.17, 15) is 9.18 Å². The van der Waals surface area contributed by atoms with Crippen molar-refractivity contribution in [1.82, 2.24) is 19.9 Å². The van der Waals surface area contributed by atoms with Crippen LogP contribution < -0.4 is 15.5 Å². The molecule has 3 aromatic rings. The number of unbranched alkanes of at least 4 members (excludes halogenated alkanes) is 1. The van der Waals surface area contributed by atoms with Crippen molar-refractivity contribution in [3.8, 4) is 11.3 Å². The average Bonchev–Trinajstić information content (AvgIpc) is 3.20. The summed E-state index contributed by atoms with van der Waals surface area (Å²) in [6.07, 6.45) is 2.00. The number of nitrogens with zero attached hydrogens (tertiary/aromatic N) is 4. The summed E-state index contributed by atoms with van der Waals surface area (Å²) >= 11 is 1.39. The van der Waals surface area contributed by atoms with Gasteiger partial charge < -0.3 is 15.5 Å². The molecule has 0 aliphatic heterocycles. The normalized spacial score (nSPS) is 11.7. The largest absolute Gasteiger partial charge is 0.364 e. The highest BCUT2D eigenvalue weighted by Crippen LogP contribution is 2.34. The summed E-state index contributed by atoms with van der Waals surface area (Å²) in [5.74, 6) is 0.353. The number of imidazole rings is 1. The van der Waals surface area contributed by atoms with Crippen LogP contribution in [0.1, 0.15) is 40.5 Å². The van der Waals surface area contributed by atoms with Crippen molar-refractivity contribution in [1.29, 1.82) is 0 Å². The summed E-state index contributed by atoms with van der Waals surface area (Å²) in [6.45, 7) is 9.12. The van der Waals surface area contributed by atoms with Crippen LogP contribution in [0.4, 0.5) is 15.3 Å². The van der Waals surface area contributed by atoms with Crippen LogP contribution in [0.15, 0.2) is 24.3 Å². The molecule has 0 fully saturated rings. The number of hydrogen-bond donors (Lipinski definition) is 2. The summed E-state index contributed by atoms with van der Waals surface area (Å²) < 4.78 is 15.5. The van der Waals surface area contributed by atoms with Gasteiger partial charge in [-0.1, -0.05) is 36.8 Å². The van der Waals surface area contributed by atoms with Crippen LogP contribution in [0, 0.1) is 5.82 Å². The Morgan fingerprint density at radius 3 is 2.77 bits per heavy atom. The van der Waals surface area contributed by atoms with Crippen molar-refractivity contribution in [2.45, 2.75) is 46.1 Å². The smallest absolute Gasteiger partial charge is 0.239 e. The van der Waals surface area contributed by atoms with Gasteiger partial charge in [-0.15, -0.1) is 5.10 Å². The Bertz CT molecular complexity index is 1020. The van der Waals surface area contributed by atoms with Crippen LogP contribution in [-0.2, 0) is 4.79 Å². The first kappa shape index (κ1) is 22.0. The number of carbonyl (C=O) groups excluding carboxylic acids is 1. The van der Waals surface area contributed by atoms with E-state index in [1.54, 1.807) is 10.6 Å². The number of nitrogens with one attached hydrogen (secondary N) is 2. The Labute approximate surface area is 180 Å². The van der Waals surface area contributed by atoms with Gasteiger partial charge in [0.15, 0.2) is 5.82 Å². The number of benzene rings is 1. The Balaban J connectivity index is 1.91. The van der Waals surface area contributed by atoms with Gasteiger partial charge in [-0.3, -0.25) is 4.79 Å². The predicted molar refractivity (Wildman–Crippen MR) is 121 cm³/mol. The first-order valence-corrected chi connectivity index (χ1v) is 10.9. The van der Waals surface area contributed by atoms with Crippen molar-refractivity contribution < 1.29 is 9.18 Å². The van der Waals surface area contributed by atoms with Gasteiger partial charge in [0, 0.05) is 24.7 Å². The van der Waals surface area contributed by atoms with Crippen molar-refractivity contribution >= 4 is 33.2 Å². The predicted octanol–water partition coefficient (Wildman–Crippen LogP) is 4.16. The van der Waals surface area contributed by atoms with Crippen LogP contribution in [0.3, 0.4) is 0 Å². The molecule has 0 spiro atoms. The van der Waals surface area contributed by atoms with Crippen molar-refractivity contribution in [3.63, 3.8) is 0 Å². The lowest BCUT2D eigenvalue weighted by atomic mass is 10.1. The molecule has 1 amide bonds. The molecule has 0 aliphatic rings. The Kier molecular flexibility index (Phi) is 6.60. The van der Waals surface area contributed by atoms with E-state index in [0.717, 1.165) is 12.8 Å². The second-order valence-corrected chi connectivity index (χ2v) is 9.27. The summed E-state index contributed by atoms with van der Waals surface area (Å²) in [7, 11) is 1.84. The Hall–Kier alpha value is -2.68. The van der Waals surface area contributed by atoms with E-state index in [-0.39, 0.29) is 23.8 Å². The van der Waals surface area contributed by atoms with E-state index in [4.69, 9.17) is 4.98 Å². The van der Waals surface area contributed by atoms with Crippen LogP contribution >= 0.6 is 11.3 Å². The molecule has 162 valence electrons. The maximum atomic E-state index is 13.8. The summed E-state index contributed by atoms with van der Waals surface area (Å²) in [5, 5.41) is 11.7. The van der Waals surface area contributed by atoms with Gasteiger partial charge in [-0.05, 0) is 39.3 Å². The molecular weight excluding hydrogens is 403 g/mol. The zero-order valence-electron chi connectivity index (χ0n) is 18.1. The molecule has 3 rings (SSSR count). The molecule has 0 saturated heterocycles. The third-order valence-electron chi connectivity index (χ3n) is 4.34. The molecule has 0 saturated carbocycles. The number of hydrogen-bond acceptors (Lipinski definition) is 6. The molecule has 7 nitrogen and oxygen atoms in total. The first-order valence-electron chi connectivity index (χ1n) is 10.1. The van der Waals surface area contributed by atoms with Crippen molar-refractivity contribution in [3.05, 3.63) is 30.1 Å². The fourth-order valence-corrected chi connectivity index (χ4v) is 3.80. The minimum absolute atomic E-state index is 0.0349. The van der Waals surface area contributed by atoms with Gasteiger partial charge in [0.25, 0.3) is 0 Å². The highest BCUT2D eigenvalue weighted by Gasteiger charge is 2.23. The fourth-order valence-electron chi connectivity index (χ4n) is 2.94. The van der Waals surface area contributed by atoms with Crippen molar-refractivity contribution in [2.75, 3.05) is 30.4 Å². The summed E-state index contributed by atoms with van der Waals surface area (Å²) in [4.78, 5) is 19.3. The van der Waals surface area contributed by atoms with E-state index in [1.165, 1.54) is 23.5 Å². The van der Waals surface area contributed by atoms with E-state index in [1.807, 2.05) is 38.8 Å². The minimum Gasteiger partial charge on any atom is -0.364 e. The molecular formula is C21H29FN6OS. The Morgan fingerprint density at radius 1 is 1.33 bits per heavy atom. The number of likely N-dealkylation sites (N-methyl/N-ethyl adjacent to an activating group) is 1. The zero-order valence-corrected chi connectivity index (χ0v) is 18.9. The molecule has 2 N–H and O–H groups in total. The highest BCUT2D eigenvalue weighted by atomic mass is 32.1. The number of carbonyl (C=O) groups is 1. The highest BCUT2D eigenvalue weighted by molar-refractivity contribution is 7.20. The number of fused-ring (bicyclic) bond motifs is 1. The summed E-state index contributed by atoms with van der Waals surface area (Å²) in [6, 6.07) is 6.38. The minimum atomic E-state index is -0.312. The number of halogens is 1. The van der Waals surface area contributed by atoms with Gasteiger partial charge in [-0.2, -0.15) is 4.52 Å². The third kappa shape index (κ3) is 5.27. The quantitative estimate of drug-likeness (QED) is 0.523. The second-order valence-electron chi connectivity index (χ2n) is 8.33. The zero-order chi connectivity index (χ0) is 21.9. The molecule has 2 heterocycles. The lowest BCUT2D eigenvalue weighted by Crippen LogP contribution is -2.35. The van der Waals surface area contributed by atoms with Gasteiger partial charge in [0.1, 0.15) is 11.5 Å². The van der Waals surface area contributed by atoms with E-state index >= 15 is 0 Å². The van der Waals surface area contributed by atoms with Crippen LogP contribution in [0.2, 0.25) is 0 Å². The lowest BCUT2D eigenvalue weighted by Gasteiger charge is -2.22. The number of anilines is 2. The average molecular weight is 433 g/mol. The molecule has 0 bridgehead atoms. The van der Waals surface area contributed by atoms with Gasteiger partial charge in [0.05, 0.1) is 6.54 Å². The maximum Gasteiger partial charge on any atom is 0.239 e. The molecule has 0 unspecified atom stereocenters. The van der Waals surface area contributed by atoms with Gasteiger partial charge in [0.2, 0.25) is 16.0 Å². The number of rotatable bonds is 8. The molecule has 0 radical (unpaired) electrons. The number of amides is 1. The van der Waals surface area contributed by atoms with Crippen molar-refractivity contribution in [2.24, 2.45) is 0 Å². The standard InChI is InChI=1S/C21H29FN6OS/c1-6-7-11-23-16(29)13-27(5)20-26-28-18(25-21(2,3)4)17(24-19(28)30-20)14-9-8-10-15(22)12-14/h8-10,12,25H,6-7,11,13H2,1-5H3,(H,23,29). The lowest BCUT2D eigenvalue weighted by molar-refractivity contribution is -0.119. The number of aromatic nitrogens is 3. The van der Waals surface area contributed by atoms with E-state index in [0.29, 0.717) is 33.7 Å². The fraction of sp³-hybridized carbons (Fsp3) is 0.476. The molecule has 1 aromatic carbocycles. The van der Waals surface area contributed by atoms with Gasteiger partial charge >= 0.3 is 0 Å². The third-order valence-corrected chi connectivity index (χ3v) is 5.37. The van der Waals surface area contributed by atoms with Crippen LogP contribution in [0.5, 0.6) is 0 Å². The topological polar surface area (TPSA) is 74.6 Å². The molecule has 9 heteroatoms. The maximum absolute atomic E-state index is 13.8. The van der Waals surface area contributed by atoms with E-state index < -0.39 is 0 Å². The molecule has 2 aromatic heterocycles. The first-order chi connectivity index (χ1) is 14.2. The Morgan fingerprint density at radius 2 is 2.10 bits per heavy atom. The van der Waals surface area contributed by atoms with E-state index in [2.05, 4.69) is 22.7 Å². The summed E-state index contributed by atoms with van der Waals surface area (Å²) in [5.41, 5.74) is 1.09.